The van der Waals surface area contributed by atoms with Crippen LogP contribution in [0.2, 0.25) is 0 Å². The summed E-state index contributed by atoms with van der Waals surface area (Å²) in [5.41, 5.74) is 2.22. The van der Waals surface area contributed by atoms with Crippen LogP contribution in [-0.2, 0) is 0 Å². The second-order valence-corrected chi connectivity index (χ2v) is 4.19. The van der Waals surface area contributed by atoms with Crippen molar-refractivity contribution in [3.63, 3.8) is 0 Å². The Bertz CT molecular complexity index is 307. The molecule has 1 aliphatic carbocycles. The van der Waals surface area contributed by atoms with Crippen LogP contribution in [0.3, 0.4) is 0 Å². The van der Waals surface area contributed by atoms with Gasteiger partial charge >= 0.3 is 0 Å². The van der Waals surface area contributed by atoms with E-state index < -0.39 is 0 Å². The molecule has 0 aliphatic heterocycles. The van der Waals surface area contributed by atoms with Gasteiger partial charge in [-0.05, 0) is 39.1 Å². The monoisotopic (exact) mass is 205 g/mol. The first-order valence-corrected chi connectivity index (χ1v) is 5.29. The van der Waals surface area contributed by atoms with E-state index in [1.807, 2.05) is 6.08 Å². The fourth-order valence-corrected chi connectivity index (χ4v) is 1.53. The molecular weight excluding hydrogens is 186 g/mol. The highest BCUT2D eigenvalue weighted by Crippen LogP contribution is 2.19. The van der Waals surface area contributed by atoms with Gasteiger partial charge in [0, 0.05) is 31.4 Å². The SMILES string of the molecule is CN(C)CCN(C)C1=CC=C(C#N)CC1. The molecule has 3 nitrogen and oxygen atoms in total. The minimum atomic E-state index is 0.884. The van der Waals surface area contributed by atoms with Crippen molar-refractivity contribution in [2.45, 2.75) is 12.8 Å². The van der Waals surface area contributed by atoms with Crippen molar-refractivity contribution >= 4 is 0 Å². The zero-order valence-corrected chi connectivity index (χ0v) is 9.82. The summed E-state index contributed by atoms with van der Waals surface area (Å²) < 4.78 is 0. The van der Waals surface area contributed by atoms with Crippen molar-refractivity contribution in [1.29, 1.82) is 5.26 Å². The molecule has 0 radical (unpaired) electrons. The maximum Gasteiger partial charge on any atom is 0.0947 e. The molecule has 0 saturated carbocycles. The van der Waals surface area contributed by atoms with Crippen LogP contribution < -0.4 is 0 Å². The first-order chi connectivity index (χ1) is 7.13. The number of nitriles is 1. The third-order valence-corrected chi connectivity index (χ3v) is 2.64. The number of rotatable bonds is 4. The highest BCUT2D eigenvalue weighted by atomic mass is 15.2. The van der Waals surface area contributed by atoms with E-state index in [2.05, 4.69) is 43.1 Å². The Hall–Kier alpha value is -1.27. The average molecular weight is 205 g/mol. The lowest BCUT2D eigenvalue weighted by molar-refractivity contribution is 0.319. The van der Waals surface area contributed by atoms with Gasteiger partial charge in [-0.1, -0.05) is 0 Å². The van der Waals surface area contributed by atoms with E-state index >= 15 is 0 Å². The van der Waals surface area contributed by atoms with Gasteiger partial charge in [0.25, 0.3) is 0 Å². The van der Waals surface area contributed by atoms with Crippen LogP contribution in [0.15, 0.2) is 23.4 Å². The summed E-state index contributed by atoms with van der Waals surface area (Å²) in [5.74, 6) is 0. The van der Waals surface area contributed by atoms with Gasteiger partial charge in [0.15, 0.2) is 0 Å². The molecule has 0 N–H and O–H groups in total. The summed E-state index contributed by atoms with van der Waals surface area (Å²) in [6.07, 6.45) is 5.88. The van der Waals surface area contributed by atoms with E-state index in [1.165, 1.54) is 5.70 Å². The third-order valence-electron chi connectivity index (χ3n) is 2.64. The maximum absolute atomic E-state index is 8.72. The van der Waals surface area contributed by atoms with Crippen molar-refractivity contribution in [2.75, 3.05) is 34.2 Å². The zero-order valence-electron chi connectivity index (χ0n) is 9.82. The number of allylic oxidation sites excluding steroid dienone is 4. The van der Waals surface area contributed by atoms with Crippen molar-refractivity contribution < 1.29 is 0 Å². The highest BCUT2D eigenvalue weighted by Gasteiger charge is 2.09. The van der Waals surface area contributed by atoms with Crippen LogP contribution in [0.25, 0.3) is 0 Å². The van der Waals surface area contributed by atoms with E-state index in [0.29, 0.717) is 0 Å². The van der Waals surface area contributed by atoms with Crippen LogP contribution in [-0.4, -0.2) is 44.0 Å². The number of nitrogens with zero attached hydrogens (tertiary/aromatic N) is 3. The molecule has 1 aliphatic rings. The summed E-state index contributed by atoms with van der Waals surface area (Å²) in [5, 5.41) is 8.72. The lowest BCUT2D eigenvalue weighted by Gasteiger charge is -2.25. The van der Waals surface area contributed by atoms with Crippen molar-refractivity contribution in [3.05, 3.63) is 23.4 Å². The Kier molecular flexibility index (Phi) is 4.38. The predicted octanol–water partition coefficient (Wildman–Crippen LogP) is 1.61. The van der Waals surface area contributed by atoms with Gasteiger partial charge < -0.3 is 9.80 Å². The molecule has 0 unspecified atom stereocenters. The molecular formula is C12H19N3. The van der Waals surface area contributed by atoms with Crippen molar-refractivity contribution in [2.24, 2.45) is 0 Å². The molecule has 0 saturated heterocycles. The summed E-state index contributed by atoms with van der Waals surface area (Å²) in [7, 11) is 6.27. The quantitative estimate of drug-likeness (QED) is 0.698. The minimum Gasteiger partial charge on any atom is -0.377 e. The Morgan fingerprint density at radius 3 is 2.40 bits per heavy atom. The van der Waals surface area contributed by atoms with E-state index in [0.717, 1.165) is 31.5 Å². The molecule has 3 heteroatoms. The summed E-state index contributed by atoms with van der Waals surface area (Å²) in [6, 6.07) is 2.20. The van der Waals surface area contributed by atoms with E-state index in [4.69, 9.17) is 5.26 Å². The molecule has 0 amide bonds. The van der Waals surface area contributed by atoms with Gasteiger partial charge in [-0.2, -0.15) is 5.26 Å². The van der Waals surface area contributed by atoms with Gasteiger partial charge in [-0.25, -0.2) is 0 Å². The van der Waals surface area contributed by atoms with Crippen LogP contribution >= 0.6 is 0 Å². The molecule has 0 bridgehead atoms. The van der Waals surface area contributed by atoms with E-state index in [-0.39, 0.29) is 0 Å². The normalized spacial score (nSPS) is 15.7. The second kappa shape index (κ2) is 5.57. The van der Waals surface area contributed by atoms with Gasteiger partial charge in [-0.15, -0.1) is 0 Å². The summed E-state index contributed by atoms with van der Waals surface area (Å²) >= 11 is 0. The van der Waals surface area contributed by atoms with Gasteiger partial charge in [0.05, 0.1) is 6.07 Å². The summed E-state index contributed by atoms with van der Waals surface area (Å²) in [6.45, 7) is 2.09. The van der Waals surface area contributed by atoms with E-state index in [1.54, 1.807) is 0 Å². The van der Waals surface area contributed by atoms with Crippen LogP contribution in [0.5, 0.6) is 0 Å². The highest BCUT2D eigenvalue weighted by molar-refractivity contribution is 5.31. The fourth-order valence-electron chi connectivity index (χ4n) is 1.53. The Morgan fingerprint density at radius 2 is 1.93 bits per heavy atom. The molecule has 0 fully saturated rings. The molecule has 0 spiro atoms. The standard InChI is InChI=1S/C12H19N3/c1-14(2)8-9-15(3)12-6-4-11(10-13)5-7-12/h4,6H,5,7-9H2,1-3H3. The fraction of sp³-hybridized carbons (Fsp3) is 0.583. The van der Waals surface area contributed by atoms with Crippen molar-refractivity contribution in [3.8, 4) is 6.07 Å². The topological polar surface area (TPSA) is 30.3 Å². The summed E-state index contributed by atoms with van der Waals surface area (Å²) in [4.78, 5) is 4.45. The molecule has 0 aromatic carbocycles. The molecule has 0 atom stereocenters. The first-order valence-electron chi connectivity index (χ1n) is 5.29. The Labute approximate surface area is 92.3 Å². The van der Waals surface area contributed by atoms with Gasteiger partial charge in [-0.3, -0.25) is 0 Å². The molecule has 0 aromatic heterocycles. The van der Waals surface area contributed by atoms with Crippen LogP contribution in [0.4, 0.5) is 0 Å². The number of hydrogen-bond donors (Lipinski definition) is 0. The second-order valence-electron chi connectivity index (χ2n) is 4.19. The molecule has 1 rings (SSSR count). The Morgan fingerprint density at radius 1 is 1.20 bits per heavy atom. The van der Waals surface area contributed by atoms with Gasteiger partial charge in [0.1, 0.15) is 0 Å². The average Bonchev–Trinajstić information content (AvgIpc) is 2.26. The molecule has 0 aromatic rings. The lowest BCUT2D eigenvalue weighted by atomic mass is 10.0. The van der Waals surface area contributed by atoms with Crippen LogP contribution in [0.1, 0.15) is 12.8 Å². The zero-order chi connectivity index (χ0) is 11.3. The smallest absolute Gasteiger partial charge is 0.0947 e. The number of hydrogen-bond acceptors (Lipinski definition) is 3. The van der Waals surface area contributed by atoms with Gasteiger partial charge in [0.2, 0.25) is 0 Å². The predicted molar refractivity (Wildman–Crippen MR) is 62.2 cm³/mol. The largest absolute Gasteiger partial charge is 0.377 e. The minimum absolute atomic E-state index is 0.884. The molecule has 15 heavy (non-hydrogen) atoms. The maximum atomic E-state index is 8.72. The molecule has 0 heterocycles. The van der Waals surface area contributed by atoms with Crippen LogP contribution in [0, 0.1) is 11.3 Å². The Balaban J connectivity index is 2.48. The van der Waals surface area contributed by atoms with E-state index in [9.17, 15) is 0 Å². The lowest BCUT2D eigenvalue weighted by Crippen LogP contribution is -2.28. The molecule has 82 valence electrons. The first kappa shape index (κ1) is 11.8. The van der Waals surface area contributed by atoms with Crippen molar-refractivity contribution in [1.82, 2.24) is 9.80 Å². The number of likely N-dealkylation sites (N-methyl/N-ethyl adjacent to an activating group) is 2. The third kappa shape index (κ3) is 3.77.